The standard InChI is InChI=1S/C15H19NO4/c1-9-5-6-11(17)10(8-9)13(18)16-12-4-3-7-15(12,2)14(19)20/h5-6,8,12,17H,3-4,7H2,1-2H3,(H,16,18)(H,19,20). The van der Waals surface area contributed by atoms with Crippen LogP contribution >= 0.6 is 0 Å². The molecule has 0 aliphatic heterocycles. The topological polar surface area (TPSA) is 86.6 Å². The minimum atomic E-state index is -0.935. The van der Waals surface area contributed by atoms with E-state index in [0.717, 1.165) is 12.0 Å². The van der Waals surface area contributed by atoms with E-state index in [1.54, 1.807) is 19.1 Å². The molecular formula is C15H19NO4. The fourth-order valence-electron chi connectivity index (χ4n) is 2.72. The lowest BCUT2D eigenvalue weighted by molar-refractivity contribution is -0.148. The number of aliphatic carboxylic acids is 1. The van der Waals surface area contributed by atoms with E-state index in [4.69, 9.17) is 0 Å². The quantitative estimate of drug-likeness (QED) is 0.789. The maximum absolute atomic E-state index is 12.2. The molecule has 108 valence electrons. The van der Waals surface area contributed by atoms with Gasteiger partial charge >= 0.3 is 5.97 Å². The molecule has 5 nitrogen and oxygen atoms in total. The molecule has 0 radical (unpaired) electrons. The van der Waals surface area contributed by atoms with Crippen LogP contribution in [-0.2, 0) is 4.79 Å². The monoisotopic (exact) mass is 277 g/mol. The van der Waals surface area contributed by atoms with Crippen molar-refractivity contribution in [3.63, 3.8) is 0 Å². The minimum Gasteiger partial charge on any atom is -0.507 e. The van der Waals surface area contributed by atoms with Crippen molar-refractivity contribution in [2.75, 3.05) is 0 Å². The molecule has 0 saturated heterocycles. The molecule has 1 amide bonds. The molecular weight excluding hydrogens is 258 g/mol. The van der Waals surface area contributed by atoms with Crippen LogP contribution in [0.3, 0.4) is 0 Å². The van der Waals surface area contributed by atoms with Crippen molar-refractivity contribution in [2.45, 2.75) is 39.2 Å². The number of carbonyl (C=O) groups excluding carboxylic acids is 1. The highest BCUT2D eigenvalue weighted by atomic mass is 16.4. The molecule has 1 aromatic carbocycles. The molecule has 1 aliphatic carbocycles. The summed E-state index contributed by atoms with van der Waals surface area (Å²) in [6.07, 6.45) is 1.96. The normalized spacial score (nSPS) is 25.4. The third-order valence-electron chi connectivity index (χ3n) is 4.15. The van der Waals surface area contributed by atoms with E-state index in [9.17, 15) is 19.8 Å². The number of aryl methyl sites for hydroxylation is 1. The van der Waals surface area contributed by atoms with Crippen LogP contribution in [0, 0.1) is 12.3 Å². The molecule has 2 unspecified atom stereocenters. The van der Waals surface area contributed by atoms with Gasteiger partial charge in [0.1, 0.15) is 5.75 Å². The number of carboxylic acids is 1. The van der Waals surface area contributed by atoms with E-state index in [1.165, 1.54) is 6.07 Å². The van der Waals surface area contributed by atoms with Crippen LogP contribution in [0.15, 0.2) is 18.2 Å². The molecule has 20 heavy (non-hydrogen) atoms. The number of carboxylic acid groups (broad SMARTS) is 1. The van der Waals surface area contributed by atoms with E-state index in [2.05, 4.69) is 5.32 Å². The third-order valence-corrected chi connectivity index (χ3v) is 4.15. The summed E-state index contributed by atoms with van der Waals surface area (Å²) in [5, 5.41) is 21.8. The molecule has 1 fully saturated rings. The molecule has 1 aromatic rings. The van der Waals surface area contributed by atoms with Crippen molar-refractivity contribution in [2.24, 2.45) is 5.41 Å². The van der Waals surface area contributed by atoms with Crippen molar-refractivity contribution in [1.82, 2.24) is 5.32 Å². The third kappa shape index (κ3) is 2.48. The average Bonchev–Trinajstić information content (AvgIpc) is 2.75. The number of phenols is 1. The van der Waals surface area contributed by atoms with Crippen molar-refractivity contribution < 1.29 is 19.8 Å². The SMILES string of the molecule is Cc1ccc(O)c(C(=O)NC2CCCC2(C)C(=O)O)c1. The number of carbonyl (C=O) groups is 2. The number of rotatable bonds is 3. The van der Waals surface area contributed by atoms with E-state index in [1.807, 2.05) is 6.92 Å². The maximum atomic E-state index is 12.2. The summed E-state index contributed by atoms with van der Waals surface area (Å²) in [7, 11) is 0. The van der Waals surface area contributed by atoms with Gasteiger partial charge in [0.15, 0.2) is 0 Å². The Morgan fingerprint density at radius 3 is 2.75 bits per heavy atom. The van der Waals surface area contributed by atoms with E-state index in [-0.39, 0.29) is 11.3 Å². The first-order valence-corrected chi connectivity index (χ1v) is 6.68. The minimum absolute atomic E-state index is 0.0943. The highest BCUT2D eigenvalue weighted by molar-refractivity contribution is 5.97. The van der Waals surface area contributed by atoms with Crippen LogP contribution in [0.4, 0.5) is 0 Å². The molecule has 0 aromatic heterocycles. The van der Waals surface area contributed by atoms with Gasteiger partial charge in [-0.05, 0) is 38.8 Å². The maximum Gasteiger partial charge on any atom is 0.311 e. The van der Waals surface area contributed by atoms with Crippen LogP contribution in [0.5, 0.6) is 5.75 Å². The number of aromatic hydroxyl groups is 1. The van der Waals surface area contributed by atoms with Gasteiger partial charge in [-0.1, -0.05) is 18.1 Å². The van der Waals surface area contributed by atoms with Crippen LogP contribution in [0.2, 0.25) is 0 Å². The fraction of sp³-hybridized carbons (Fsp3) is 0.467. The Morgan fingerprint density at radius 2 is 2.10 bits per heavy atom. The van der Waals surface area contributed by atoms with Crippen LogP contribution < -0.4 is 5.32 Å². The van der Waals surface area contributed by atoms with Gasteiger partial charge < -0.3 is 15.5 Å². The second kappa shape index (κ2) is 5.15. The second-order valence-corrected chi connectivity index (χ2v) is 5.66. The first-order chi connectivity index (χ1) is 9.34. The lowest BCUT2D eigenvalue weighted by Gasteiger charge is -2.27. The molecule has 2 rings (SSSR count). The van der Waals surface area contributed by atoms with E-state index < -0.39 is 23.3 Å². The highest BCUT2D eigenvalue weighted by Crippen LogP contribution is 2.38. The molecule has 1 saturated carbocycles. The van der Waals surface area contributed by atoms with Gasteiger partial charge in [0.05, 0.1) is 11.0 Å². The number of benzene rings is 1. The van der Waals surface area contributed by atoms with Crippen molar-refractivity contribution in [3.8, 4) is 5.75 Å². The van der Waals surface area contributed by atoms with Gasteiger partial charge in [0.2, 0.25) is 0 Å². The Kier molecular flexibility index (Phi) is 3.70. The van der Waals surface area contributed by atoms with Crippen LogP contribution in [0.25, 0.3) is 0 Å². The van der Waals surface area contributed by atoms with Crippen LogP contribution in [0.1, 0.15) is 42.1 Å². The van der Waals surface area contributed by atoms with Gasteiger partial charge in [-0.15, -0.1) is 0 Å². The first kappa shape index (κ1) is 14.4. The van der Waals surface area contributed by atoms with Gasteiger partial charge in [0, 0.05) is 6.04 Å². The lowest BCUT2D eigenvalue weighted by Crippen LogP contribution is -2.47. The Morgan fingerprint density at radius 1 is 1.40 bits per heavy atom. The van der Waals surface area contributed by atoms with Crippen molar-refractivity contribution in [3.05, 3.63) is 29.3 Å². The average molecular weight is 277 g/mol. The summed E-state index contributed by atoms with van der Waals surface area (Å²) in [4.78, 5) is 23.6. The number of hydrogen-bond donors (Lipinski definition) is 3. The Bertz CT molecular complexity index is 555. The number of amides is 1. The molecule has 3 N–H and O–H groups in total. The van der Waals surface area contributed by atoms with Crippen molar-refractivity contribution >= 4 is 11.9 Å². The van der Waals surface area contributed by atoms with Crippen LogP contribution in [-0.4, -0.2) is 28.1 Å². The van der Waals surface area contributed by atoms with E-state index >= 15 is 0 Å². The zero-order valence-electron chi connectivity index (χ0n) is 11.6. The summed E-state index contributed by atoms with van der Waals surface area (Å²) >= 11 is 0. The molecule has 0 spiro atoms. The molecule has 1 aliphatic rings. The summed E-state index contributed by atoms with van der Waals surface area (Å²) in [5.74, 6) is -1.41. The Balaban J connectivity index is 2.19. The Labute approximate surface area is 117 Å². The Hall–Kier alpha value is -2.04. The van der Waals surface area contributed by atoms with Gasteiger partial charge in [-0.2, -0.15) is 0 Å². The lowest BCUT2D eigenvalue weighted by atomic mass is 9.85. The van der Waals surface area contributed by atoms with Gasteiger partial charge in [-0.3, -0.25) is 9.59 Å². The number of nitrogens with one attached hydrogen (secondary N) is 1. The summed E-state index contributed by atoms with van der Waals surface area (Å²) in [6, 6.07) is 4.36. The smallest absolute Gasteiger partial charge is 0.311 e. The first-order valence-electron chi connectivity index (χ1n) is 6.68. The summed E-state index contributed by atoms with van der Waals surface area (Å²) in [6.45, 7) is 3.48. The van der Waals surface area contributed by atoms with Gasteiger partial charge in [0.25, 0.3) is 5.91 Å². The zero-order valence-corrected chi connectivity index (χ0v) is 11.6. The summed E-state index contributed by atoms with van der Waals surface area (Å²) < 4.78 is 0. The number of hydrogen-bond acceptors (Lipinski definition) is 3. The second-order valence-electron chi connectivity index (χ2n) is 5.66. The molecule has 5 heteroatoms. The zero-order chi connectivity index (χ0) is 14.9. The predicted octanol–water partition coefficient (Wildman–Crippen LogP) is 2.07. The van der Waals surface area contributed by atoms with E-state index in [0.29, 0.717) is 12.8 Å². The molecule has 2 atom stereocenters. The predicted molar refractivity (Wildman–Crippen MR) is 73.7 cm³/mol. The molecule has 0 bridgehead atoms. The summed E-state index contributed by atoms with van der Waals surface area (Å²) in [5.41, 5.74) is 0.111. The van der Waals surface area contributed by atoms with Crippen molar-refractivity contribution in [1.29, 1.82) is 0 Å². The van der Waals surface area contributed by atoms with Gasteiger partial charge in [-0.25, -0.2) is 0 Å². The molecule has 0 heterocycles. The fourth-order valence-corrected chi connectivity index (χ4v) is 2.72. The highest BCUT2D eigenvalue weighted by Gasteiger charge is 2.46. The largest absolute Gasteiger partial charge is 0.507 e. The number of phenolic OH excluding ortho intramolecular Hbond substituents is 1.